The molecule has 1 aliphatic rings. The molecule has 88 valence electrons. The molecular weight excluding hydrogens is 330 g/mol. The van der Waals surface area contributed by atoms with E-state index in [1.807, 2.05) is 11.9 Å². The van der Waals surface area contributed by atoms with Gasteiger partial charge in [0.05, 0.1) is 11.2 Å². The Morgan fingerprint density at radius 1 is 1.47 bits per heavy atom. The third-order valence-corrected chi connectivity index (χ3v) is 3.23. The van der Waals surface area contributed by atoms with Gasteiger partial charge in [0, 0.05) is 12.5 Å². The summed E-state index contributed by atoms with van der Waals surface area (Å²) in [5, 5.41) is 9.23. The number of likely N-dealkylation sites (tertiary alicyclic amines) is 1. The maximum Gasteiger partial charge on any atom is 0.308 e. The lowest BCUT2D eigenvalue weighted by atomic mass is 9.83. The first-order valence-corrected chi connectivity index (χ1v) is 5.68. The van der Waals surface area contributed by atoms with Crippen LogP contribution in [0.3, 0.4) is 0 Å². The number of carboxylic acid groups (broad SMARTS) is 1. The number of alkyl halides is 1. The molecule has 1 rings (SSSR count). The van der Waals surface area contributed by atoms with E-state index in [9.17, 15) is 9.59 Å². The van der Waals surface area contributed by atoms with Crippen molar-refractivity contribution in [2.45, 2.75) is 6.42 Å². The number of carboxylic acids is 1. The lowest BCUT2D eigenvalue weighted by molar-refractivity contribution is -0.148. The minimum Gasteiger partial charge on any atom is -0.481 e. The zero-order valence-electron chi connectivity index (χ0n) is 8.48. The highest BCUT2D eigenvalue weighted by molar-refractivity contribution is 9.09. The molecule has 0 aromatic heterocycles. The maximum absolute atomic E-state index is 11.5. The van der Waals surface area contributed by atoms with Gasteiger partial charge >= 0.3 is 5.97 Å². The Morgan fingerprint density at radius 2 is 2.07 bits per heavy atom. The average Bonchev–Trinajstić information content (AvgIpc) is 2.16. The summed E-state index contributed by atoms with van der Waals surface area (Å²) in [6, 6.07) is 0. The van der Waals surface area contributed by atoms with Crippen molar-refractivity contribution < 1.29 is 14.7 Å². The predicted octanol–water partition coefficient (Wildman–Crippen LogP) is 1.18. The molecule has 1 N–H and O–H groups in total. The lowest BCUT2D eigenvalue weighted by Crippen LogP contribution is -2.45. The van der Waals surface area contributed by atoms with Crippen LogP contribution in [0.5, 0.6) is 0 Å². The molecule has 0 radical (unpaired) electrons. The zero-order valence-corrected chi connectivity index (χ0v) is 11.8. The molecule has 2 atom stereocenters. The summed E-state index contributed by atoms with van der Waals surface area (Å²) in [4.78, 5) is 24.4. The molecule has 0 aromatic carbocycles. The minimum atomic E-state index is -0.865. The van der Waals surface area contributed by atoms with E-state index in [1.54, 1.807) is 0 Å². The number of Topliss-reactive ketones (excluding diaryl/α,β-unsaturated/α-hetero) is 1. The van der Waals surface area contributed by atoms with Crippen LogP contribution in [0.2, 0.25) is 0 Å². The van der Waals surface area contributed by atoms with E-state index in [1.165, 1.54) is 0 Å². The number of nitrogens with zero attached hydrogens (tertiary/aromatic N) is 1. The molecular formula is C9H15Br2NO3. The molecule has 0 aliphatic carbocycles. The van der Waals surface area contributed by atoms with Gasteiger partial charge in [-0.3, -0.25) is 9.59 Å². The Hall–Kier alpha value is 0.0600. The van der Waals surface area contributed by atoms with Crippen molar-refractivity contribution >= 4 is 44.7 Å². The van der Waals surface area contributed by atoms with E-state index in [2.05, 4.69) is 15.9 Å². The number of carbonyl (C=O) groups excluding carboxylic acids is 1. The summed E-state index contributed by atoms with van der Waals surface area (Å²) in [7, 11) is 1.88. The second-order valence-corrected chi connectivity index (χ2v) is 4.26. The summed E-state index contributed by atoms with van der Waals surface area (Å²) in [6.45, 7) is 1.27. The van der Waals surface area contributed by atoms with Gasteiger partial charge < -0.3 is 10.0 Å². The first kappa shape index (κ1) is 15.1. The van der Waals surface area contributed by atoms with Crippen LogP contribution in [0.1, 0.15) is 6.42 Å². The van der Waals surface area contributed by atoms with Crippen molar-refractivity contribution in [3.8, 4) is 0 Å². The first-order valence-electron chi connectivity index (χ1n) is 4.56. The first-order chi connectivity index (χ1) is 6.56. The van der Waals surface area contributed by atoms with Gasteiger partial charge in [0.1, 0.15) is 5.78 Å². The largest absolute Gasteiger partial charge is 0.481 e. The van der Waals surface area contributed by atoms with Crippen LogP contribution in [0.4, 0.5) is 0 Å². The Balaban J connectivity index is 0.00000196. The topological polar surface area (TPSA) is 57.6 Å². The molecule has 0 spiro atoms. The van der Waals surface area contributed by atoms with E-state index in [4.69, 9.17) is 5.11 Å². The average molecular weight is 345 g/mol. The molecule has 1 heterocycles. The normalized spacial score (nSPS) is 26.8. The molecule has 0 amide bonds. The number of hydrogen-bond acceptors (Lipinski definition) is 3. The van der Waals surface area contributed by atoms with E-state index < -0.39 is 11.9 Å². The molecule has 6 heteroatoms. The summed E-state index contributed by atoms with van der Waals surface area (Å²) in [5.41, 5.74) is 0. The smallest absolute Gasteiger partial charge is 0.308 e. The molecule has 0 aromatic rings. The van der Waals surface area contributed by atoms with Crippen molar-refractivity contribution in [2.24, 2.45) is 11.8 Å². The van der Waals surface area contributed by atoms with E-state index in [0.717, 1.165) is 6.54 Å². The second-order valence-electron chi connectivity index (χ2n) is 3.70. The molecule has 1 aliphatic heterocycles. The van der Waals surface area contributed by atoms with Gasteiger partial charge in [-0.05, 0) is 20.0 Å². The molecule has 2 unspecified atom stereocenters. The van der Waals surface area contributed by atoms with E-state index in [-0.39, 0.29) is 34.0 Å². The van der Waals surface area contributed by atoms with Crippen molar-refractivity contribution in [3.63, 3.8) is 0 Å². The van der Waals surface area contributed by atoms with Crippen LogP contribution < -0.4 is 0 Å². The highest BCUT2D eigenvalue weighted by Gasteiger charge is 2.36. The minimum absolute atomic E-state index is 0. The summed E-state index contributed by atoms with van der Waals surface area (Å²) in [5.74, 6) is -1.72. The van der Waals surface area contributed by atoms with Crippen LogP contribution in [0.25, 0.3) is 0 Å². The number of piperidine rings is 1. The second kappa shape index (κ2) is 6.60. The monoisotopic (exact) mass is 343 g/mol. The van der Waals surface area contributed by atoms with Crippen molar-refractivity contribution in [1.82, 2.24) is 4.90 Å². The van der Waals surface area contributed by atoms with Gasteiger partial charge in [0.25, 0.3) is 0 Å². The van der Waals surface area contributed by atoms with Gasteiger partial charge in [-0.1, -0.05) is 15.9 Å². The fourth-order valence-corrected chi connectivity index (χ4v) is 2.27. The summed E-state index contributed by atoms with van der Waals surface area (Å²) < 4.78 is 0. The molecule has 1 saturated heterocycles. The maximum atomic E-state index is 11.5. The molecule has 4 nitrogen and oxygen atoms in total. The van der Waals surface area contributed by atoms with E-state index >= 15 is 0 Å². The Kier molecular flexibility index (Phi) is 6.63. The van der Waals surface area contributed by atoms with Crippen LogP contribution in [0.15, 0.2) is 0 Å². The SMILES string of the molecule is Br.CN1CCC(C(=O)CBr)C(C(=O)O)C1. The third-order valence-electron chi connectivity index (χ3n) is 2.68. The van der Waals surface area contributed by atoms with Crippen molar-refractivity contribution in [3.05, 3.63) is 0 Å². The molecule has 1 fully saturated rings. The lowest BCUT2D eigenvalue weighted by Gasteiger charge is -2.33. The molecule has 0 saturated carbocycles. The van der Waals surface area contributed by atoms with Crippen LogP contribution in [-0.2, 0) is 9.59 Å². The van der Waals surface area contributed by atoms with Crippen LogP contribution >= 0.6 is 32.9 Å². The van der Waals surface area contributed by atoms with Gasteiger partial charge in [-0.2, -0.15) is 0 Å². The summed E-state index contributed by atoms with van der Waals surface area (Å²) >= 11 is 3.09. The number of rotatable bonds is 3. The summed E-state index contributed by atoms with van der Waals surface area (Å²) in [6.07, 6.45) is 0.651. The third kappa shape index (κ3) is 3.85. The number of ketones is 1. The van der Waals surface area contributed by atoms with E-state index in [0.29, 0.717) is 13.0 Å². The zero-order chi connectivity index (χ0) is 10.7. The number of halogens is 2. The van der Waals surface area contributed by atoms with Gasteiger partial charge in [0.2, 0.25) is 0 Å². The van der Waals surface area contributed by atoms with Crippen molar-refractivity contribution in [1.29, 1.82) is 0 Å². The van der Waals surface area contributed by atoms with Crippen LogP contribution in [0, 0.1) is 11.8 Å². The number of aliphatic carboxylic acids is 1. The Morgan fingerprint density at radius 3 is 2.53 bits per heavy atom. The van der Waals surface area contributed by atoms with Crippen LogP contribution in [-0.4, -0.2) is 47.2 Å². The van der Waals surface area contributed by atoms with Gasteiger partial charge in [0.15, 0.2) is 0 Å². The number of carbonyl (C=O) groups is 2. The van der Waals surface area contributed by atoms with Crippen molar-refractivity contribution in [2.75, 3.05) is 25.5 Å². The Labute approximate surface area is 108 Å². The fraction of sp³-hybridized carbons (Fsp3) is 0.778. The fourth-order valence-electron chi connectivity index (χ4n) is 1.85. The number of hydrogen-bond donors (Lipinski definition) is 1. The molecule has 0 bridgehead atoms. The highest BCUT2D eigenvalue weighted by Crippen LogP contribution is 2.24. The Bertz CT molecular complexity index is 248. The molecule has 15 heavy (non-hydrogen) atoms. The van der Waals surface area contributed by atoms with Gasteiger partial charge in [-0.15, -0.1) is 17.0 Å². The highest BCUT2D eigenvalue weighted by atomic mass is 79.9. The predicted molar refractivity (Wildman–Crippen MR) is 65.9 cm³/mol. The van der Waals surface area contributed by atoms with Gasteiger partial charge in [-0.25, -0.2) is 0 Å². The quantitative estimate of drug-likeness (QED) is 0.781. The standard InChI is InChI=1S/C9H14BrNO3.BrH/c1-11-3-2-6(8(12)4-10)7(5-11)9(13)14;/h6-7H,2-5H2,1H3,(H,13,14);1H.